The third-order valence-corrected chi connectivity index (χ3v) is 89.6. The minimum absolute atomic E-state index is 0. The van der Waals surface area contributed by atoms with Gasteiger partial charge in [-0.2, -0.15) is 0 Å². The third-order valence-electron chi connectivity index (χ3n) is 10.3. The van der Waals surface area contributed by atoms with Crippen molar-refractivity contribution >= 4 is 43.3 Å². The van der Waals surface area contributed by atoms with E-state index in [0.29, 0.717) is 0 Å². The van der Waals surface area contributed by atoms with E-state index < -0.39 is 29.2 Å². The summed E-state index contributed by atoms with van der Waals surface area (Å²) < 4.78 is 19.2. The van der Waals surface area contributed by atoms with Gasteiger partial charge in [0.05, 0.1) is 0 Å². The second kappa shape index (κ2) is 7.82. The van der Waals surface area contributed by atoms with Gasteiger partial charge in [0, 0.05) is 0 Å². The zero-order chi connectivity index (χ0) is 22.8. The Kier molecular flexibility index (Phi) is 6.85. The van der Waals surface area contributed by atoms with E-state index in [1.54, 1.807) is 3.28 Å². The van der Waals surface area contributed by atoms with Gasteiger partial charge in [-0.3, -0.25) is 0 Å². The van der Waals surface area contributed by atoms with Crippen LogP contribution in [0.5, 0.6) is 0 Å². The zero-order valence-electron chi connectivity index (χ0n) is 21.4. The molecule has 0 atom stereocenters. The van der Waals surface area contributed by atoms with E-state index in [4.69, 9.17) is 6.71 Å². The molecule has 0 fully saturated rings. The van der Waals surface area contributed by atoms with E-state index >= 15 is 0 Å². The number of halogens is 2. The molecule has 182 valence electrons. The molecule has 4 rings (SSSR count). The van der Waals surface area contributed by atoms with Crippen molar-refractivity contribution in [3.63, 3.8) is 0 Å². The first kappa shape index (κ1) is 28.9. The van der Waals surface area contributed by atoms with Crippen molar-refractivity contribution in [2.24, 2.45) is 0 Å². The topological polar surface area (TPSA) is 9.23 Å². The Hall–Kier alpha value is -0.353. The standard InChI is InChI=1S/C13H9.C5H5.C3H9OSi.C2H7Si.C2H5.CH3.CH2.2ClH.Zr/c1-3-7-12-10(5-1)9-11-6-2-4-8-13(11)12;1-2-4-5-3-1;1-5(2,3)4;1-3-2;1-2;;;;;/h1-9H;1-3H,4H2;1-3H3;3H,1-2H3;1H2,2H3;1H3;1H2;2*1H;/q;;-1;;;;;;;+1. The van der Waals surface area contributed by atoms with Gasteiger partial charge in [0.1, 0.15) is 0 Å². The summed E-state index contributed by atoms with van der Waals surface area (Å²) in [5, 5.41) is 0. The molecule has 33 heavy (non-hydrogen) atoms. The Morgan fingerprint density at radius 2 is 1.45 bits per heavy atom. The van der Waals surface area contributed by atoms with Gasteiger partial charge in [-0.05, 0) is 0 Å². The van der Waals surface area contributed by atoms with Gasteiger partial charge in [0.2, 0.25) is 0 Å². The summed E-state index contributed by atoms with van der Waals surface area (Å²) in [6, 6.07) is 18.2. The maximum absolute atomic E-state index is 8.05. The van der Waals surface area contributed by atoms with Crippen LogP contribution in [0, 0.1) is 0 Å². The van der Waals surface area contributed by atoms with Gasteiger partial charge in [0.15, 0.2) is 0 Å². The molecule has 0 radical (unpaired) electrons. The molecule has 0 heterocycles. The summed E-state index contributed by atoms with van der Waals surface area (Å²) in [4.78, 5) is 0. The summed E-state index contributed by atoms with van der Waals surface area (Å²) in [7, 11) is -1.98. The molecule has 0 aromatic heterocycles. The van der Waals surface area contributed by atoms with Crippen LogP contribution in [0.2, 0.25) is 41.5 Å². The van der Waals surface area contributed by atoms with Crippen LogP contribution in [-0.4, -0.2) is 18.5 Å². The number of hydrogen-bond acceptors (Lipinski definition) is 1. The molecule has 2 aliphatic rings. The van der Waals surface area contributed by atoms with Gasteiger partial charge < -0.3 is 0 Å². The summed E-state index contributed by atoms with van der Waals surface area (Å²) >= 11 is -5.43. The molecule has 6 heteroatoms. The van der Waals surface area contributed by atoms with Crippen LogP contribution < -0.4 is 0 Å². The van der Waals surface area contributed by atoms with E-state index in [-0.39, 0.29) is 28.4 Å². The number of allylic oxidation sites excluding steroid dienone is 4. The summed E-state index contributed by atoms with van der Waals surface area (Å²) in [5.74, 6) is -1.53. The van der Waals surface area contributed by atoms with Gasteiger partial charge in [-0.25, -0.2) is 0 Å². The normalized spacial score (nSPS) is 18.7. The zero-order valence-corrected chi connectivity index (χ0v) is 27.6. The molecule has 1 nitrogen and oxygen atoms in total. The van der Waals surface area contributed by atoms with Gasteiger partial charge >= 0.3 is 187 Å². The fourth-order valence-electron chi connectivity index (χ4n) is 7.84. The number of hydrogen-bond donors (Lipinski definition) is 0. The Bertz CT molecular complexity index is 1240. The van der Waals surface area contributed by atoms with E-state index in [0.717, 1.165) is 10.5 Å². The van der Waals surface area contributed by atoms with Crippen molar-refractivity contribution in [1.82, 2.24) is 0 Å². The Labute approximate surface area is 209 Å². The Morgan fingerprint density at radius 1 is 0.970 bits per heavy atom. The quantitative estimate of drug-likeness (QED) is 0.301. The molecule has 0 spiro atoms. The van der Waals surface area contributed by atoms with Crippen LogP contribution >= 0.6 is 24.8 Å². The minimum atomic E-state index is -5.43. The first-order chi connectivity index (χ1) is 14.3. The molecular formula is C27H42Cl2OSi2Zr. The van der Waals surface area contributed by atoms with Crippen molar-refractivity contribution in [1.29, 1.82) is 0 Å². The van der Waals surface area contributed by atoms with Crippen LogP contribution in [0.25, 0.3) is 11.1 Å². The summed E-state index contributed by atoms with van der Waals surface area (Å²) in [6.07, 6.45) is 8.02. The molecule has 2 aromatic carbocycles. The fourth-order valence-corrected chi connectivity index (χ4v) is 80.8. The number of benzene rings is 2. The first-order valence-corrected chi connectivity index (χ1v) is 32.1. The van der Waals surface area contributed by atoms with E-state index in [9.17, 15) is 0 Å². The SMILES string of the molecule is Cl.Cl.[CH2]=[Zr]([CH3])([CH2]C)([O][Si](C)(C)C)([C]1=CC=CC1)([CH]1c2ccccc2-c2ccccc21)[SiH](C)C. The van der Waals surface area contributed by atoms with E-state index in [2.05, 4.69) is 111 Å². The Balaban J connectivity index is 0.00000193. The maximum atomic E-state index is 8.05. The van der Waals surface area contributed by atoms with E-state index in [1.807, 2.05) is 0 Å². The fraction of sp³-hybridized carbons (Fsp3) is 0.370. The predicted octanol–water partition coefficient (Wildman–Crippen LogP) is 8.87. The third kappa shape index (κ3) is 3.31. The second-order valence-electron chi connectivity index (χ2n) is 12.9. The molecule has 2 aromatic rings. The van der Waals surface area contributed by atoms with Crippen molar-refractivity contribution in [2.75, 3.05) is 0 Å². The van der Waals surface area contributed by atoms with Gasteiger partial charge in [-0.1, -0.05) is 0 Å². The molecule has 0 unspecified atom stereocenters. The van der Waals surface area contributed by atoms with Crippen LogP contribution in [0.3, 0.4) is 0 Å². The van der Waals surface area contributed by atoms with Crippen LogP contribution in [0.4, 0.5) is 0 Å². The Morgan fingerprint density at radius 3 is 1.82 bits per heavy atom. The second-order valence-corrected chi connectivity index (χ2v) is 68.6. The van der Waals surface area contributed by atoms with Crippen molar-refractivity contribution in [3.8, 4) is 11.1 Å². The van der Waals surface area contributed by atoms with Crippen LogP contribution in [0.1, 0.15) is 28.1 Å². The molecule has 0 aliphatic heterocycles. The average Bonchev–Trinajstić information content (AvgIpc) is 3.35. The predicted molar refractivity (Wildman–Crippen MR) is 157 cm³/mol. The van der Waals surface area contributed by atoms with E-state index in [1.165, 1.54) is 22.3 Å². The average molecular weight is 601 g/mol. The first-order valence-electron chi connectivity index (χ1n) is 12.0. The van der Waals surface area contributed by atoms with Gasteiger partial charge in [-0.15, -0.1) is 24.8 Å². The molecule has 0 saturated carbocycles. The monoisotopic (exact) mass is 598 g/mol. The number of fused-ring (bicyclic) bond motifs is 3. The van der Waals surface area contributed by atoms with Crippen LogP contribution in [-0.2, 0) is 17.4 Å². The molecule has 0 saturated heterocycles. The van der Waals surface area contributed by atoms with Crippen molar-refractivity contribution in [3.05, 3.63) is 81.2 Å². The van der Waals surface area contributed by atoms with Crippen molar-refractivity contribution in [2.45, 2.75) is 58.5 Å². The summed E-state index contributed by atoms with van der Waals surface area (Å²) in [5.41, 5.74) is 5.68. The van der Waals surface area contributed by atoms with Crippen molar-refractivity contribution < 1.29 is 17.4 Å². The molecular weight excluding hydrogens is 559 g/mol. The molecule has 0 bridgehead atoms. The van der Waals surface area contributed by atoms with Crippen LogP contribution in [0.15, 0.2) is 70.0 Å². The van der Waals surface area contributed by atoms with Gasteiger partial charge in [0.25, 0.3) is 0 Å². The summed E-state index contributed by atoms with van der Waals surface area (Å²) in [6.45, 7) is 14.7. The molecule has 2 aliphatic carbocycles. The number of rotatable bonds is 6. The molecule has 0 N–H and O–H groups in total. The molecule has 0 amide bonds.